The van der Waals surface area contributed by atoms with Gasteiger partial charge < -0.3 is 10.5 Å². The largest absolute Gasteiger partial charge is 0.481 e. The summed E-state index contributed by atoms with van der Waals surface area (Å²) >= 11 is 3.42. The molecule has 0 saturated carbocycles. The molecular formula is C13H16BrN3O. The molecule has 0 atom stereocenters. The molecular weight excluding hydrogens is 294 g/mol. The number of ether oxygens (including phenoxy) is 1. The molecule has 0 amide bonds. The van der Waals surface area contributed by atoms with Crippen LogP contribution in [0.1, 0.15) is 12.0 Å². The molecule has 0 saturated heterocycles. The molecule has 1 aromatic carbocycles. The number of halogens is 1. The van der Waals surface area contributed by atoms with Gasteiger partial charge >= 0.3 is 0 Å². The predicted molar refractivity (Wildman–Crippen MR) is 75.2 cm³/mol. The van der Waals surface area contributed by atoms with Gasteiger partial charge in [0.05, 0.1) is 19.0 Å². The fourth-order valence-electron chi connectivity index (χ4n) is 1.82. The molecule has 0 spiro atoms. The Hall–Kier alpha value is -1.33. The number of nitrogens with zero attached hydrogens (tertiary/aromatic N) is 2. The molecule has 0 aliphatic rings. The number of aromatic nitrogens is 2. The van der Waals surface area contributed by atoms with Crippen molar-refractivity contribution < 1.29 is 4.74 Å². The molecule has 18 heavy (non-hydrogen) atoms. The smallest absolute Gasteiger partial charge is 0.219 e. The minimum Gasteiger partial charge on any atom is -0.481 e. The zero-order valence-electron chi connectivity index (χ0n) is 10.3. The molecule has 96 valence electrons. The first-order valence-electron chi connectivity index (χ1n) is 5.83. The number of nitrogens with two attached hydrogens (primary N) is 1. The Morgan fingerprint density at radius 3 is 2.67 bits per heavy atom. The van der Waals surface area contributed by atoms with Gasteiger partial charge in [-0.2, -0.15) is 5.10 Å². The number of rotatable bonds is 5. The minimum atomic E-state index is 0.673. The summed E-state index contributed by atoms with van der Waals surface area (Å²) in [6, 6.07) is 7.95. The number of hydrogen-bond acceptors (Lipinski definition) is 3. The molecule has 1 heterocycles. The quantitative estimate of drug-likeness (QED) is 0.923. The predicted octanol–water partition coefficient (Wildman–Crippen LogP) is 2.53. The number of methoxy groups -OCH3 is 1. The molecule has 1 aromatic heterocycles. The summed E-state index contributed by atoms with van der Waals surface area (Å²) in [6.45, 7) is 0.673. The second kappa shape index (κ2) is 6.02. The highest BCUT2D eigenvalue weighted by atomic mass is 79.9. The summed E-state index contributed by atoms with van der Waals surface area (Å²) in [5, 5.41) is 4.38. The number of hydrogen-bond donors (Lipinski definition) is 1. The first-order chi connectivity index (χ1) is 8.76. The van der Waals surface area contributed by atoms with Crippen LogP contribution in [0.15, 0.2) is 34.9 Å². The van der Waals surface area contributed by atoms with Gasteiger partial charge in [0.25, 0.3) is 0 Å². The summed E-state index contributed by atoms with van der Waals surface area (Å²) in [7, 11) is 1.66. The Balaban J connectivity index is 2.33. The molecule has 2 aromatic rings. The van der Waals surface area contributed by atoms with Crippen LogP contribution in [0.5, 0.6) is 5.88 Å². The molecule has 0 bridgehead atoms. The molecule has 0 radical (unpaired) electrons. The summed E-state index contributed by atoms with van der Waals surface area (Å²) in [5.74, 6) is 0.783. The maximum absolute atomic E-state index is 5.53. The molecule has 0 unspecified atom stereocenters. The van der Waals surface area contributed by atoms with Gasteiger partial charge in [-0.05, 0) is 43.7 Å². The van der Waals surface area contributed by atoms with Crippen molar-refractivity contribution in [2.24, 2.45) is 5.73 Å². The van der Waals surface area contributed by atoms with Gasteiger partial charge in [0.2, 0.25) is 5.88 Å². The lowest BCUT2D eigenvalue weighted by molar-refractivity contribution is 0.379. The van der Waals surface area contributed by atoms with Gasteiger partial charge in [0.1, 0.15) is 0 Å². The Kier molecular flexibility index (Phi) is 4.38. The van der Waals surface area contributed by atoms with Crippen LogP contribution in [0.4, 0.5) is 0 Å². The van der Waals surface area contributed by atoms with Gasteiger partial charge in [-0.25, -0.2) is 4.68 Å². The van der Waals surface area contributed by atoms with E-state index in [9.17, 15) is 0 Å². The highest BCUT2D eigenvalue weighted by Crippen LogP contribution is 2.24. The highest BCUT2D eigenvalue weighted by molar-refractivity contribution is 9.10. The molecule has 0 aliphatic carbocycles. The third-order valence-electron chi connectivity index (χ3n) is 2.71. The summed E-state index contributed by atoms with van der Waals surface area (Å²) in [6.07, 6.45) is 3.66. The van der Waals surface area contributed by atoms with E-state index in [0.29, 0.717) is 6.54 Å². The first-order valence-corrected chi connectivity index (χ1v) is 6.62. The van der Waals surface area contributed by atoms with Crippen LogP contribution in [-0.4, -0.2) is 23.4 Å². The van der Waals surface area contributed by atoms with Gasteiger partial charge in [-0.15, -0.1) is 0 Å². The van der Waals surface area contributed by atoms with Crippen LogP contribution in [0.2, 0.25) is 0 Å². The topological polar surface area (TPSA) is 53.1 Å². The average molecular weight is 310 g/mol. The fourth-order valence-corrected chi connectivity index (χ4v) is 2.08. The van der Waals surface area contributed by atoms with Crippen molar-refractivity contribution in [1.29, 1.82) is 0 Å². The Morgan fingerprint density at radius 2 is 2.06 bits per heavy atom. The van der Waals surface area contributed by atoms with Gasteiger partial charge in [-0.1, -0.05) is 15.9 Å². The maximum atomic E-state index is 5.53. The zero-order chi connectivity index (χ0) is 13.0. The van der Waals surface area contributed by atoms with E-state index in [2.05, 4.69) is 21.0 Å². The third kappa shape index (κ3) is 2.73. The molecule has 5 heteroatoms. The SMILES string of the molecule is COc1c(CCCN)cnn1-c1ccc(Br)cc1. The van der Waals surface area contributed by atoms with Gasteiger partial charge in [0, 0.05) is 10.0 Å². The lowest BCUT2D eigenvalue weighted by Crippen LogP contribution is -2.03. The third-order valence-corrected chi connectivity index (χ3v) is 3.24. The Bertz CT molecular complexity index is 507. The normalized spacial score (nSPS) is 10.6. The second-order valence-corrected chi connectivity index (χ2v) is 4.88. The lowest BCUT2D eigenvalue weighted by Gasteiger charge is -2.08. The zero-order valence-corrected chi connectivity index (χ0v) is 11.9. The standard InChI is InChI=1S/C13H16BrN3O/c1-18-13-10(3-2-8-15)9-16-17(13)12-6-4-11(14)5-7-12/h4-7,9H,2-3,8,15H2,1H3. The van der Waals surface area contributed by atoms with Gasteiger partial charge in [-0.3, -0.25) is 0 Å². The van der Waals surface area contributed by atoms with Crippen LogP contribution in [0.3, 0.4) is 0 Å². The molecule has 2 rings (SSSR count). The maximum Gasteiger partial charge on any atom is 0.219 e. The van der Waals surface area contributed by atoms with Crippen LogP contribution in [0, 0.1) is 0 Å². The molecule has 4 nitrogen and oxygen atoms in total. The fraction of sp³-hybridized carbons (Fsp3) is 0.308. The molecule has 0 fully saturated rings. The monoisotopic (exact) mass is 309 g/mol. The van der Waals surface area contributed by atoms with Crippen molar-refractivity contribution in [2.75, 3.05) is 13.7 Å². The van der Waals surface area contributed by atoms with E-state index in [1.165, 1.54) is 0 Å². The number of benzene rings is 1. The minimum absolute atomic E-state index is 0.673. The highest BCUT2D eigenvalue weighted by Gasteiger charge is 2.12. The molecule has 2 N–H and O–H groups in total. The Labute approximate surface area is 115 Å². The average Bonchev–Trinajstić information content (AvgIpc) is 2.80. The van der Waals surface area contributed by atoms with E-state index in [4.69, 9.17) is 10.5 Å². The summed E-state index contributed by atoms with van der Waals surface area (Å²) in [5.41, 5.74) is 7.60. The van der Waals surface area contributed by atoms with Crippen LogP contribution >= 0.6 is 15.9 Å². The van der Waals surface area contributed by atoms with Crippen molar-refractivity contribution >= 4 is 15.9 Å². The van der Waals surface area contributed by atoms with E-state index in [-0.39, 0.29) is 0 Å². The van der Waals surface area contributed by atoms with Crippen molar-refractivity contribution in [3.05, 3.63) is 40.5 Å². The van der Waals surface area contributed by atoms with Crippen LogP contribution in [-0.2, 0) is 6.42 Å². The van der Waals surface area contributed by atoms with E-state index < -0.39 is 0 Å². The van der Waals surface area contributed by atoms with E-state index >= 15 is 0 Å². The van der Waals surface area contributed by atoms with Crippen LogP contribution < -0.4 is 10.5 Å². The van der Waals surface area contributed by atoms with Crippen molar-refractivity contribution in [3.63, 3.8) is 0 Å². The van der Waals surface area contributed by atoms with Crippen molar-refractivity contribution in [3.8, 4) is 11.6 Å². The Morgan fingerprint density at radius 1 is 1.33 bits per heavy atom. The van der Waals surface area contributed by atoms with E-state index in [1.807, 2.05) is 30.5 Å². The van der Waals surface area contributed by atoms with E-state index in [0.717, 1.165) is 34.4 Å². The van der Waals surface area contributed by atoms with Crippen molar-refractivity contribution in [1.82, 2.24) is 9.78 Å². The summed E-state index contributed by atoms with van der Waals surface area (Å²) in [4.78, 5) is 0. The number of aryl methyl sites for hydroxylation is 1. The summed E-state index contributed by atoms with van der Waals surface area (Å²) < 4.78 is 8.29. The first kappa shape index (κ1) is 13.1. The van der Waals surface area contributed by atoms with Crippen molar-refractivity contribution in [2.45, 2.75) is 12.8 Å². The molecule has 0 aliphatic heterocycles. The van der Waals surface area contributed by atoms with E-state index in [1.54, 1.807) is 11.8 Å². The van der Waals surface area contributed by atoms with Crippen LogP contribution in [0.25, 0.3) is 5.69 Å². The lowest BCUT2D eigenvalue weighted by atomic mass is 10.2. The second-order valence-electron chi connectivity index (χ2n) is 3.96. The van der Waals surface area contributed by atoms with Gasteiger partial charge in [0.15, 0.2) is 0 Å².